The van der Waals surface area contributed by atoms with Gasteiger partial charge in [-0.15, -0.1) is 0 Å². The van der Waals surface area contributed by atoms with Crippen LogP contribution in [-0.4, -0.2) is 14.9 Å². The summed E-state index contributed by atoms with van der Waals surface area (Å²) >= 11 is 12.9. The van der Waals surface area contributed by atoms with E-state index in [1.54, 1.807) is 0 Å². The third-order valence-electron chi connectivity index (χ3n) is 4.03. The van der Waals surface area contributed by atoms with Crippen LogP contribution in [0.1, 0.15) is 31.9 Å². The molecule has 3 rings (SSSR count). The molecule has 1 aromatic rings. The lowest BCUT2D eigenvalue weighted by Crippen LogP contribution is -2.41. The Morgan fingerprint density at radius 2 is 1.75 bits per heavy atom. The molecule has 3 heteroatoms. The number of hydrogen-bond acceptors (Lipinski definition) is 1. The molecule has 1 aromatic carbocycles. The van der Waals surface area contributed by atoms with Gasteiger partial charge in [0, 0.05) is 5.54 Å². The highest BCUT2D eigenvalue weighted by atomic mass is 35.5. The Morgan fingerprint density at radius 1 is 1.12 bits per heavy atom. The fraction of sp³-hybridized carbons (Fsp3) is 0.538. The summed E-state index contributed by atoms with van der Waals surface area (Å²) in [6.07, 6.45) is 1.000. The number of fused-ring (bicyclic) bond motifs is 3. The van der Waals surface area contributed by atoms with E-state index in [1.165, 1.54) is 11.1 Å². The van der Waals surface area contributed by atoms with Crippen molar-refractivity contribution in [1.29, 1.82) is 0 Å². The van der Waals surface area contributed by atoms with E-state index in [4.69, 9.17) is 23.2 Å². The van der Waals surface area contributed by atoms with Gasteiger partial charge in [0.15, 0.2) is 4.46 Å². The van der Waals surface area contributed by atoms with Crippen LogP contribution in [0.5, 0.6) is 0 Å². The average Bonchev–Trinajstić information content (AvgIpc) is 2.62. The van der Waals surface area contributed by atoms with E-state index in [0.717, 1.165) is 6.42 Å². The van der Waals surface area contributed by atoms with Crippen molar-refractivity contribution in [2.24, 2.45) is 0 Å². The molecule has 86 valence electrons. The molecule has 16 heavy (non-hydrogen) atoms. The van der Waals surface area contributed by atoms with Gasteiger partial charge in [-0.1, -0.05) is 47.5 Å². The van der Waals surface area contributed by atoms with Crippen LogP contribution in [0, 0.1) is 0 Å². The highest BCUT2D eigenvalue weighted by molar-refractivity contribution is 6.51. The van der Waals surface area contributed by atoms with Crippen LogP contribution in [0.2, 0.25) is 0 Å². The predicted molar refractivity (Wildman–Crippen MR) is 67.9 cm³/mol. The second-order valence-electron chi connectivity index (χ2n) is 5.60. The van der Waals surface area contributed by atoms with Gasteiger partial charge in [-0.25, -0.2) is 0 Å². The summed E-state index contributed by atoms with van der Waals surface area (Å²) in [5.41, 5.74) is 2.44. The maximum Gasteiger partial charge on any atom is 0.195 e. The molecular formula is C13H15Cl2N. The molecule has 2 heterocycles. The summed E-state index contributed by atoms with van der Waals surface area (Å²) in [6.45, 7) is 6.54. The minimum atomic E-state index is -0.761. The van der Waals surface area contributed by atoms with Crippen molar-refractivity contribution in [3.8, 4) is 0 Å². The highest BCUT2D eigenvalue weighted by Crippen LogP contribution is 2.70. The quantitative estimate of drug-likeness (QED) is 0.388. The van der Waals surface area contributed by atoms with Crippen molar-refractivity contribution in [3.63, 3.8) is 0 Å². The Bertz CT molecular complexity index is 459. The van der Waals surface area contributed by atoms with Crippen LogP contribution in [0.25, 0.3) is 0 Å². The first kappa shape index (κ1) is 10.9. The Morgan fingerprint density at radius 3 is 2.44 bits per heavy atom. The average molecular weight is 256 g/mol. The van der Waals surface area contributed by atoms with Gasteiger partial charge in [-0.05, 0) is 38.3 Å². The summed E-state index contributed by atoms with van der Waals surface area (Å²) in [4.78, 5) is 2.21. The minimum absolute atomic E-state index is 0.0204. The van der Waals surface area contributed by atoms with E-state index in [9.17, 15) is 0 Å². The number of nitrogens with zero attached hydrogens (tertiary/aromatic N) is 1. The fourth-order valence-corrected chi connectivity index (χ4v) is 4.45. The highest BCUT2D eigenvalue weighted by Gasteiger charge is 2.77. The van der Waals surface area contributed by atoms with Gasteiger partial charge in [0.25, 0.3) is 0 Å². The summed E-state index contributed by atoms with van der Waals surface area (Å²) in [5.74, 6) is 0. The van der Waals surface area contributed by atoms with E-state index >= 15 is 0 Å². The van der Waals surface area contributed by atoms with Crippen molar-refractivity contribution in [3.05, 3.63) is 35.4 Å². The first-order valence-electron chi connectivity index (χ1n) is 5.58. The van der Waals surface area contributed by atoms with Crippen molar-refractivity contribution in [2.75, 3.05) is 0 Å². The molecule has 0 amide bonds. The molecule has 0 bridgehead atoms. The van der Waals surface area contributed by atoms with E-state index in [-0.39, 0.29) is 11.1 Å². The van der Waals surface area contributed by atoms with E-state index in [1.807, 2.05) is 0 Å². The molecular weight excluding hydrogens is 241 g/mol. The van der Waals surface area contributed by atoms with Gasteiger partial charge >= 0.3 is 0 Å². The summed E-state index contributed by atoms with van der Waals surface area (Å²) < 4.78 is -0.761. The lowest BCUT2D eigenvalue weighted by molar-refractivity contribution is 0.204. The first-order valence-corrected chi connectivity index (χ1v) is 6.34. The fourth-order valence-electron chi connectivity index (χ4n) is 3.37. The maximum atomic E-state index is 6.46. The predicted octanol–water partition coefficient (Wildman–Crippen LogP) is 3.68. The number of hydrogen-bond donors (Lipinski definition) is 0. The molecule has 0 spiro atoms. The van der Waals surface area contributed by atoms with E-state index < -0.39 is 4.46 Å². The normalized spacial score (nSPS) is 37.4. The van der Waals surface area contributed by atoms with Gasteiger partial charge in [0.2, 0.25) is 0 Å². The van der Waals surface area contributed by atoms with Crippen LogP contribution in [0.4, 0.5) is 0 Å². The number of alkyl halides is 2. The lowest BCUT2D eigenvalue weighted by Gasteiger charge is -2.35. The molecule has 1 saturated heterocycles. The molecule has 1 nitrogen and oxygen atoms in total. The molecule has 0 N–H and O–H groups in total. The number of halogens is 2. The van der Waals surface area contributed by atoms with Crippen LogP contribution >= 0.6 is 23.2 Å². The molecule has 0 aliphatic carbocycles. The number of rotatable bonds is 0. The van der Waals surface area contributed by atoms with Crippen molar-refractivity contribution < 1.29 is 0 Å². The summed E-state index contributed by atoms with van der Waals surface area (Å²) in [7, 11) is 0. The third-order valence-corrected chi connectivity index (χ3v) is 5.11. The minimum Gasteiger partial charge on any atom is -0.251 e. The molecule has 0 radical (unpaired) electrons. The van der Waals surface area contributed by atoms with Crippen molar-refractivity contribution in [2.45, 2.75) is 42.7 Å². The van der Waals surface area contributed by atoms with Gasteiger partial charge in [0.05, 0.1) is 5.54 Å². The topological polar surface area (TPSA) is 3.01 Å². The zero-order valence-corrected chi connectivity index (χ0v) is 11.2. The van der Waals surface area contributed by atoms with E-state index in [0.29, 0.717) is 0 Å². The Hall–Kier alpha value is -0.240. The summed E-state index contributed by atoms with van der Waals surface area (Å²) in [5, 5.41) is 0. The molecule has 1 fully saturated rings. The van der Waals surface area contributed by atoms with Gasteiger partial charge < -0.3 is 0 Å². The van der Waals surface area contributed by atoms with Crippen LogP contribution in [-0.2, 0) is 12.0 Å². The molecule has 2 unspecified atom stereocenters. The monoisotopic (exact) mass is 255 g/mol. The van der Waals surface area contributed by atoms with Crippen LogP contribution in [0.3, 0.4) is 0 Å². The van der Waals surface area contributed by atoms with Gasteiger partial charge in [-0.2, -0.15) is 0 Å². The van der Waals surface area contributed by atoms with E-state index in [2.05, 4.69) is 49.9 Å². The third kappa shape index (κ3) is 1.02. The second kappa shape index (κ2) is 2.77. The Kier molecular flexibility index (Phi) is 1.88. The van der Waals surface area contributed by atoms with Crippen LogP contribution < -0.4 is 0 Å². The smallest absolute Gasteiger partial charge is 0.195 e. The molecule has 2 aliphatic heterocycles. The summed E-state index contributed by atoms with van der Waals surface area (Å²) in [6, 6.07) is 8.47. The Labute approximate surface area is 106 Å². The van der Waals surface area contributed by atoms with Crippen LogP contribution in [0.15, 0.2) is 24.3 Å². The zero-order chi connectivity index (χ0) is 11.8. The maximum absolute atomic E-state index is 6.46. The molecule has 0 aromatic heterocycles. The van der Waals surface area contributed by atoms with Gasteiger partial charge in [-0.3, -0.25) is 4.90 Å². The SMILES string of the molecule is CC1(C)Cc2ccccc2C2(C)N1C2(Cl)Cl. The molecule has 2 aliphatic rings. The second-order valence-corrected chi connectivity index (χ2v) is 6.88. The largest absolute Gasteiger partial charge is 0.251 e. The first-order chi connectivity index (χ1) is 7.32. The zero-order valence-electron chi connectivity index (χ0n) is 9.72. The number of benzene rings is 1. The molecule has 0 saturated carbocycles. The lowest BCUT2D eigenvalue weighted by atomic mass is 9.83. The van der Waals surface area contributed by atoms with Gasteiger partial charge in [0.1, 0.15) is 0 Å². The van der Waals surface area contributed by atoms with Crippen molar-refractivity contribution in [1.82, 2.24) is 4.90 Å². The van der Waals surface area contributed by atoms with Crippen molar-refractivity contribution >= 4 is 23.2 Å². The standard InChI is InChI=1S/C13H15Cl2N/c1-11(2)8-9-6-4-5-7-10(9)12(3)13(14,15)16(11)12/h4-7H,8H2,1-3H3. The Balaban J connectivity index is 2.24. The molecule has 2 atom stereocenters.